The van der Waals surface area contributed by atoms with Gasteiger partial charge in [-0.1, -0.05) is 61.7 Å². The molecule has 8 heteroatoms. The van der Waals surface area contributed by atoms with Crippen LogP contribution in [0.4, 0.5) is 0 Å². The Kier molecular flexibility index (Phi) is 7.32. The van der Waals surface area contributed by atoms with Crippen LogP contribution in [0.25, 0.3) is 0 Å². The Balaban J connectivity index is 1.95. The van der Waals surface area contributed by atoms with Crippen molar-refractivity contribution in [1.29, 1.82) is 0 Å². The Morgan fingerprint density at radius 3 is 2.78 bits per heavy atom. The lowest BCUT2D eigenvalue weighted by atomic mass is 10.1. The van der Waals surface area contributed by atoms with E-state index in [-0.39, 0.29) is 17.1 Å². The molecule has 2 aromatic heterocycles. The maximum absolute atomic E-state index is 12.5. The zero-order chi connectivity index (χ0) is 16.7. The van der Waals surface area contributed by atoms with E-state index in [4.69, 9.17) is 0 Å². The number of carbonyl (C=O) groups is 1. The number of aromatic nitrogens is 3. The molecule has 2 rings (SSSR count). The summed E-state index contributed by atoms with van der Waals surface area (Å²) in [4.78, 5) is 16.5. The van der Waals surface area contributed by atoms with Crippen LogP contribution in [0.3, 0.4) is 0 Å². The molecule has 0 unspecified atom stereocenters. The lowest BCUT2D eigenvalue weighted by Crippen LogP contribution is -2.35. The van der Waals surface area contributed by atoms with Crippen LogP contribution in [0.5, 0.6) is 0 Å². The fraction of sp³-hybridized carbons (Fsp3) is 0.467. The van der Waals surface area contributed by atoms with Crippen LogP contribution < -0.4 is 5.32 Å². The van der Waals surface area contributed by atoms with E-state index >= 15 is 0 Å². The molecule has 1 amide bonds. The summed E-state index contributed by atoms with van der Waals surface area (Å²) in [7, 11) is 0. The first-order chi connectivity index (χ1) is 11.1. The molecular weight excluding hydrogens is 348 g/mol. The van der Waals surface area contributed by atoms with Gasteiger partial charge in [0.2, 0.25) is 5.91 Å². The second-order valence-electron chi connectivity index (χ2n) is 5.13. The van der Waals surface area contributed by atoms with Crippen LogP contribution in [-0.2, 0) is 11.3 Å². The van der Waals surface area contributed by atoms with Crippen LogP contribution in [-0.4, -0.2) is 32.1 Å². The van der Waals surface area contributed by atoms with Crippen LogP contribution in [0.1, 0.15) is 26.3 Å². The van der Waals surface area contributed by atoms with Crippen molar-refractivity contribution in [3.8, 4) is 0 Å². The van der Waals surface area contributed by atoms with E-state index in [1.165, 1.54) is 11.8 Å². The fourth-order valence-electron chi connectivity index (χ4n) is 1.82. The Morgan fingerprint density at radius 2 is 2.13 bits per heavy atom. The number of nitrogens with zero attached hydrogens (tertiary/aromatic N) is 3. The molecule has 0 aliphatic carbocycles. The molecule has 0 aliphatic heterocycles. The molecule has 2 heterocycles. The predicted octanol–water partition coefficient (Wildman–Crippen LogP) is 3.48. The average Bonchev–Trinajstić information content (AvgIpc) is 2.99. The van der Waals surface area contributed by atoms with Gasteiger partial charge in [-0.05, 0) is 23.3 Å². The lowest BCUT2D eigenvalue weighted by Gasteiger charge is -2.18. The third-order valence-electron chi connectivity index (χ3n) is 2.94. The summed E-state index contributed by atoms with van der Waals surface area (Å²) < 4.78 is 1.80. The predicted molar refractivity (Wildman–Crippen MR) is 96.9 cm³/mol. The number of nitrogens with one attached hydrogen (secondary N) is 1. The first-order valence-electron chi connectivity index (χ1n) is 7.39. The summed E-state index contributed by atoms with van der Waals surface area (Å²) in [6.45, 7) is 6.67. The zero-order valence-electron chi connectivity index (χ0n) is 13.4. The molecule has 0 aromatic carbocycles. The maximum Gasteiger partial charge on any atom is 0.234 e. The van der Waals surface area contributed by atoms with Crippen LogP contribution in [0.2, 0.25) is 0 Å². The molecule has 1 N–H and O–H groups in total. The first-order valence-corrected chi connectivity index (χ1v) is 10.1. The molecule has 124 valence electrons. The molecule has 0 saturated heterocycles. The van der Waals surface area contributed by atoms with Gasteiger partial charge < -0.3 is 5.32 Å². The fourth-order valence-corrected chi connectivity index (χ4v) is 4.97. The third kappa shape index (κ3) is 5.78. The normalized spacial score (nSPS) is 12.3. The molecular formula is C15H20N4OS3. The summed E-state index contributed by atoms with van der Waals surface area (Å²) in [5.41, 5.74) is 0.992. The summed E-state index contributed by atoms with van der Waals surface area (Å²) in [6, 6.07) is 3.81. The minimum atomic E-state index is -0.181. The smallest absolute Gasteiger partial charge is 0.234 e. The van der Waals surface area contributed by atoms with Crippen molar-refractivity contribution in [1.82, 2.24) is 20.5 Å². The summed E-state index contributed by atoms with van der Waals surface area (Å²) in [5, 5.41) is 11.1. The Labute approximate surface area is 149 Å². The number of rotatable bonds is 8. The van der Waals surface area contributed by atoms with E-state index in [1.807, 2.05) is 26.0 Å². The van der Waals surface area contributed by atoms with E-state index in [0.29, 0.717) is 6.54 Å². The molecule has 0 bridgehead atoms. The van der Waals surface area contributed by atoms with E-state index in [9.17, 15) is 4.79 Å². The molecule has 0 fully saturated rings. The number of thioether (sulfide) groups is 2. The molecule has 1 atom stereocenters. The SMILES string of the molecule is CCSc1nnc(S[C@H](C(=O)NCc2cccnc2)C(C)C)s1. The molecule has 0 spiro atoms. The first kappa shape index (κ1) is 18.2. The van der Waals surface area contributed by atoms with Crippen molar-refractivity contribution in [2.75, 3.05) is 5.75 Å². The largest absolute Gasteiger partial charge is 0.351 e. The van der Waals surface area contributed by atoms with Gasteiger partial charge in [0.1, 0.15) is 0 Å². The van der Waals surface area contributed by atoms with E-state index in [0.717, 1.165) is 20.0 Å². The molecule has 2 aromatic rings. The van der Waals surface area contributed by atoms with Crippen LogP contribution >= 0.6 is 34.9 Å². The highest BCUT2D eigenvalue weighted by atomic mass is 32.2. The van der Waals surface area contributed by atoms with Crippen molar-refractivity contribution in [3.05, 3.63) is 30.1 Å². The quantitative estimate of drug-likeness (QED) is 0.720. The Bertz CT molecular complexity index is 618. The average molecular weight is 369 g/mol. The van der Waals surface area contributed by atoms with Gasteiger partial charge in [-0.2, -0.15) is 0 Å². The number of hydrogen-bond acceptors (Lipinski definition) is 7. The number of carbonyl (C=O) groups excluding carboxylic acids is 1. The molecule has 5 nitrogen and oxygen atoms in total. The molecule has 0 aliphatic rings. The summed E-state index contributed by atoms with van der Waals surface area (Å²) in [5.74, 6) is 1.20. The minimum Gasteiger partial charge on any atom is -0.351 e. The standard InChI is InChI=1S/C15H20N4OS3/c1-4-21-14-18-19-15(23-14)22-12(10(2)3)13(20)17-9-11-6-5-7-16-8-11/h5-8,10,12H,4,9H2,1-3H3,(H,17,20)/t12-/m0/s1. The Morgan fingerprint density at radius 1 is 1.35 bits per heavy atom. The van der Waals surface area contributed by atoms with Gasteiger partial charge in [0.25, 0.3) is 0 Å². The van der Waals surface area contributed by atoms with Gasteiger partial charge in [0.05, 0.1) is 5.25 Å². The van der Waals surface area contributed by atoms with Crippen molar-refractivity contribution in [2.24, 2.45) is 5.92 Å². The second-order valence-corrected chi connectivity index (χ2v) is 9.01. The van der Waals surface area contributed by atoms with Crippen LogP contribution in [0, 0.1) is 5.92 Å². The number of pyridine rings is 1. The third-order valence-corrected chi connectivity index (χ3v) is 6.50. The van der Waals surface area contributed by atoms with Gasteiger partial charge in [-0.15, -0.1) is 10.2 Å². The number of hydrogen-bond donors (Lipinski definition) is 1. The van der Waals surface area contributed by atoms with Gasteiger partial charge in [-0.3, -0.25) is 9.78 Å². The van der Waals surface area contributed by atoms with Gasteiger partial charge in [0.15, 0.2) is 8.68 Å². The summed E-state index contributed by atoms with van der Waals surface area (Å²) in [6.07, 6.45) is 3.48. The zero-order valence-corrected chi connectivity index (χ0v) is 15.8. The van der Waals surface area contributed by atoms with Crippen molar-refractivity contribution < 1.29 is 4.79 Å². The highest BCUT2D eigenvalue weighted by Crippen LogP contribution is 2.33. The molecule has 0 radical (unpaired) electrons. The van der Waals surface area contributed by atoms with Crippen LogP contribution in [0.15, 0.2) is 33.2 Å². The topological polar surface area (TPSA) is 67.8 Å². The Hall–Kier alpha value is -1.12. The lowest BCUT2D eigenvalue weighted by molar-refractivity contribution is -0.121. The monoisotopic (exact) mass is 368 g/mol. The van der Waals surface area contributed by atoms with Crippen molar-refractivity contribution in [2.45, 2.75) is 41.2 Å². The maximum atomic E-state index is 12.5. The highest BCUT2D eigenvalue weighted by Gasteiger charge is 2.25. The highest BCUT2D eigenvalue weighted by molar-refractivity contribution is 8.03. The minimum absolute atomic E-state index is 0.0220. The van der Waals surface area contributed by atoms with Crippen molar-refractivity contribution >= 4 is 40.8 Å². The van der Waals surface area contributed by atoms with E-state index in [1.54, 1.807) is 35.5 Å². The molecule has 23 heavy (non-hydrogen) atoms. The van der Waals surface area contributed by atoms with E-state index < -0.39 is 0 Å². The molecule has 0 saturated carbocycles. The van der Waals surface area contributed by atoms with Gasteiger partial charge in [-0.25, -0.2) is 0 Å². The summed E-state index contributed by atoms with van der Waals surface area (Å²) >= 11 is 4.71. The van der Waals surface area contributed by atoms with E-state index in [2.05, 4.69) is 27.4 Å². The van der Waals surface area contributed by atoms with Crippen molar-refractivity contribution in [3.63, 3.8) is 0 Å². The van der Waals surface area contributed by atoms with Gasteiger partial charge in [0, 0.05) is 18.9 Å². The second kappa shape index (κ2) is 9.24. The van der Waals surface area contributed by atoms with Gasteiger partial charge >= 0.3 is 0 Å². The number of amides is 1.